The van der Waals surface area contributed by atoms with E-state index in [1.54, 1.807) is 6.07 Å². The van der Waals surface area contributed by atoms with Crippen LogP contribution in [0, 0.1) is 0 Å². The molecule has 1 atom stereocenters. The van der Waals surface area contributed by atoms with E-state index in [1.807, 2.05) is 18.2 Å². The topological polar surface area (TPSA) is 41.6 Å². The summed E-state index contributed by atoms with van der Waals surface area (Å²) in [6.07, 6.45) is 3.53. The van der Waals surface area contributed by atoms with Crippen molar-refractivity contribution in [2.24, 2.45) is 0 Å². The van der Waals surface area contributed by atoms with Crippen molar-refractivity contribution < 1.29 is 9.53 Å². The Morgan fingerprint density at radius 1 is 1.33 bits per heavy atom. The molecule has 21 heavy (non-hydrogen) atoms. The molecule has 0 amide bonds. The molecule has 1 saturated heterocycles. The third-order valence-corrected chi connectivity index (χ3v) is 4.15. The molecule has 1 N–H and O–H groups in total. The summed E-state index contributed by atoms with van der Waals surface area (Å²) < 4.78 is 4.77. The highest BCUT2D eigenvalue weighted by atomic mass is 16.5. The zero-order valence-corrected chi connectivity index (χ0v) is 13.3. The van der Waals surface area contributed by atoms with E-state index in [4.69, 9.17) is 4.74 Å². The van der Waals surface area contributed by atoms with Crippen LogP contribution in [0.4, 0.5) is 5.69 Å². The second-order valence-corrected chi connectivity index (χ2v) is 5.97. The number of carbonyl (C=O) groups is 1. The number of benzene rings is 1. The molecule has 0 saturated carbocycles. The molecule has 0 bridgehead atoms. The quantitative estimate of drug-likeness (QED) is 0.865. The minimum absolute atomic E-state index is 0.287. The first-order valence-corrected chi connectivity index (χ1v) is 7.79. The summed E-state index contributed by atoms with van der Waals surface area (Å²) in [6.45, 7) is 6.82. The lowest BCUT2D eigenvalue weighted by molar-refractivity contribution is 0.0601. The summed E-state index contributed by atoms with van der Waals surface area (Å²) in [5.74, 6) is -0.287. The number of hydrogen-bond acceptors (Lipinski definition) is 4. The summed E-state index contributed by atoms with van der Waals surface area (Å²) in [6, 6.07) is 8.65. The highest BCUT2D eigenvalue weighted by molar-refractivity contribution is 5.90. The molecular formula is C17H26N2O2. The molecule has 1 fully saturated rings. The molecule has 1 aromatic rings. The van der Waals surface area contributed by atoms with Crippen LogP contribution in [0.2, 0.25) is 0 Å². The SMILES string of the molecule is COC(=O)c1cccc(NC2CCCN(C(C)C)CC2)c1. The van der Waals surface area contributed by atoms with Gasteiger partial charge in [0.15, 0.2) is 0 Å². The van der Waals surface area contributed by atoms with Gasteiger partial charge >= 0.3 is 5.97 Å². The summed E-state index contributed by atoms with van der Waals surface area (Å²) in [5.41, 5.74) is 1.60. The van der Waals surface area contributed by atoms with Crippen LogP contribution in [-0.4, -0.2) is 43.2 Å². The Balaban J connectivity index is 1.97. The number of methoxy groups -OCH3 is 1. The second-order valence-electron chi connectivity index (χ2n) is 5.97. The third kappa shape index (κ3) is 4.46. The lowest BCUT2D eigenvalue weighted by atomic mass is 10.1. The molecular weight excluding hydrogens is 264 g/mol. The van der Waals surface area contributed by atoms with Crippen LogP contribution in [-0.2, 0) is 4.74 Å². The molecule has 0 aromatic heterocycles. The van der Waals surface area contributed by atoms with Crippen molar-refractivity contribution in [1.82, 2.24) is 4.90 Å². The average Bonchev–Trinajstić information content (AvgIpc) is 2.72. The predicted octanol–water partition coefficient (Wildman–Crippen LogP) is 3.15. The first-order chi connectivity index (χ1) is 10.1. The molecule has 0 spiro atoms. The van der Waals surface area contributed by atoms with Gasteiger partial charge in [0.05, 0.1) is 12.7 Å². The van der Waals surface area contributed by atoms with Crippen LogP contribution in [0.1, 0.15) is 43.5 Å². The fourth-order valence-corrected chi connectivity index (χ4v) is 2.87. The van der Waals surface area contributed by atoms with Crippen LogP contribution in [0.15, 0.2) is 24.3 Å². The lowest BCUT2D eigenvalue weighted by Crippen LogP contribution is -2.32. The first kappa shape index (κ1) is 15.8. The Labute approximate surface area is 127 Å². The zero-order chi connectivity index (χ0) is 15.2. The van der Waals surface area contributed by atoms with Gasteiger partial charge in [-0.3, -0.25) is 0 Å². The van der Waals surface area contributed by atoms with Crippen LogP contribution in [0.25, 0.3) is 0 Å². The van der Waals surface area contributed by atoms with E-state index < -0.39 is 0 Å². The van der Waals surface area contributed by atoms with Gasteiger partial charge in [-0.15, -0.1) is 0 Å². The standard InChI is InChI=1S/C17H26N2O2/c1-13(2)19-10-5-8-15(9-11-19)18-16-7-4-6-14(12-16)17(20)21-3/h4,6-7,12-13,15,18H,5,8-11H2,1-3H3. The normalized spacial score (nSPS) is 20.1. The maximum Gasteiger partial charge on any atom is 0.337 e. The number of carbonyl (C=O) groups excluding carboxylic acids is 1. The number of hydrogen-bond donors (Lipinski definition) is 1. The highest BCUT2D eigenvalue weighted by Crippen LogP contribution is 2.19. The molecule has 4 heteroatoms. The number of rotatable bonds is 4. The summed E-state index contributed by atoms with van der Waals surface area (Å²) >= 11 is 0. The number of nitrogens with zero attached hydrogens (tertiary/aromatic N) is 1. The van der Waals surface area contributed by atoms with E-state index >= 15 is 0 Å². The molecule has 4 nitrogen and oxygen atoms in total. The molecule has 0 radical (unpaired) electrons. The van der Waals surface area contributed by atoms with Crippen molar-refractivity contribution in [1.29, 1.82) is 0 Å². The third-order valence-electron chi connectivity index (χ3n) is 4.15. The molecule has 2 rings (SSSR count). The van der Waals surface area contributed by atoms with E-state index in [1.165, 1.54) is 26.5 Å². The Morgan fingerprint density at radius 2 is 2.14 bits per heavy atom. The highest BCUT2D eigenvalue weighted by Gasteiger charge is 2.18. The van der Waals surface area contributed by atoms with Gasteiger partial charge in [-0.05, 0) is 57.9 Å². The van der Waals surface area contributed by atoms with E-state index in [-0.39, 0.29) is 5.97 Å². The number of nitrogens with one attached hydrogen (secondary N) is 1. The fourth-order valence-electron chi connectivity index (χ4n) is 2.87. The van der Waals surface area contributed by atoms with Crippen LogP contribution in [0.5, 0.6) is 0 Å². The van der Waals surface area contributed by atoms with Crippen molar-refractivity contribution in [3.05, 3.63) is 29.8 Å². The molecule has 1 aliphatic heterocycles. The van der Waals surface area contributed by atoms with Crippen molar-refractivity contribution >= 4 is 11.7 Å². The zero-order valence-electron chi connectivity index (χ0n) is 13.3. The largest absolute Gasteiger partial charge is 0.465 e. The van der Waals surface area contributed by atoms with Gasteiger partial charge in [-0.2, -0.15) is 0 Å². The predicted molar refractivity (Wildman–Crippen MR) is 85.8 cm³/mol. The van der Waals surface area contributed by atoms with E-state index in [2.05, 4.69) is 24.1 Å². The molecule has 0 aliphatic carbocycles. The summed E-state index contributed by atoms with van der Waals surface area (Å²) in [7, 11) is 1.41. The van der Waals surface area contributed by atoms with Gasteiger partial charge in [0.25, 0.3) is 0 Å². The lowest BCUT2D eigenvalue weighted by Gasteiger charge is -2.24. The molecule has 1 heterocycles. The molecule has 116 valence electrons. The van der Waals surface area contributed by atoms with Gasteiger partial charge in [0.2, 0.25) is 0 Å². The van der Waals surface area contributed by atoms with Gasteiger partial charge < -0.3 is 15.0 Å². The van der Waals surface area contributed by atoms with E-state index in [0.29, 0.717) is 17.6 Å². The van der Waals surface area contributed by atoms with Crippen LogP contribution >= 0.6 is 0 Å². The van der Waals surface area contributed by atoms with Crippen molar-refractivity contribution in [3.8, 4) is 0 Å². The van der Waals surface area contributed by atoms with Crippen molar-refractivity contribution in [2.75, 3.05) is 25.5 Å². The van der Waals surface area contributed by atoms with E-state index in [0.717, 1.165) is 18.7 Å². The van der Waals surface area contributed by atoms with Crippen molar-refractivity contribution in [3.63, 3.8) is 0 Å². The van der Waals surface area contributed by atoms with Crippen LogP contribution in [0.3, 0.4) is 0 Å². The second kappa shape index (κ2) is 7.46. The minimum Gasteiger partial charge on any atom is -0.465 e. The first-order valence-electron chi connectivity index (χ1n) is 7.79. The molecule has 1 aliphatic rings. The maximum atomic E-state index is 11.6. The monoisotopic (exact) mass is 290 g/mol. The maximum absolute atomic E-state index is 11.6. The summed E-state index contributed by atoms with van der Waals surface area (Å²) in [5, 5.41) is 3.57. The molecule has 1 unspecified atom stereocenters. The van der Waals surface area contributed by atoms with Gasteiger partial charge in [0.1, 0.15) is 0 Å². The summed E-state index contributed by atoms with van der Waals surface area (Å²) in [4.78, 5) is 14.1. The Kier molecular flexibility index (Phi) is 5.62. The fraction of sp³-hybridized carbons (Fsp3) is 0.588. The molecule has 1 aromatic carbocycles. The van der Waals surface area contributed by atoms with Crippen molar-refractivity contribution in [2.45, 2.75) is 45.2 Å². The number of likely N-dealkylation sites (tertiary alicyclic amines) is 1. The number of esters is 1. The average molecular weight is 290 g/mol. The van der Waals surface area contributed by atoms with E-state index in [9.17, 15) is 4.79 Å². The smallest absolute Gasteiger partial charge is 0.337 e. The van der Waals surface area contributed by atoms with Gasteiger partial charge in [-0.25, -0.2) is 4.79 Å². The Hall–Kier alpha value is -1.55. The minimum atomic E-state index is -0.287. The number of anilines is 1. The van der Waals surface area contributed by atoms with Gasteiger partial charge in [-0.1, -0.05) is 6.07 Å². The Morgan fingerprint density at radius 3 is 2.86 bits per heavy atom. The Bertz CT molecular complexity index is 474. The van der Waals surface area contributed by atoms with Crippen LogP contribution < -0.4 is 5.32 Å². The van der Waals surface area contributed by atoms with Gasteiger partial charge in [0, 0.05) is 24.3 Å². The number of ether oxygens (including phenoxy) is 1.